The highest BCUT2D eigenvalue weighted by Gasteiger charge is 2.24. The quantitative estimate of drug-likeness (QED) is 0.863. The number of aliphatic hydroxyl groups excluding tert-OH is 1. The van der Waals surface area contributed by atoms with E-state index in [0.717, 1.165) is 35.8 Å². The maximum Gasteiger partial charge on any atom is 0.185 e. The zero-order valence-corrected chi connectivity index (χ0v) is 11.0. The van der Waals surface area contributed by atoms with Crippen LogP contribution in [0.25, 0.3) is 0 Å². The number of anilines is 1. The minimum absolute atomic E-state index is 0.453. The third-order valence-corrected chi connectivity index (χ3v) is 4.46. The second-order valence-electron chi connectivity index (χ2n) is 4.92. The maximum atomic E-state index is 9.46. The van der Waals surface area contributed by atoms with Gasteiger partial charge in [-0.3, -0.25) is 0 Å². The van der Waals surface area contributed by atoms with Gasteiger partial charge in [-0.05, 0) is 25.2 Å². The smallest absolute Gasteiger partial charge is 0.185 e. The summed E-state index contributed by atoms with van der Waals surface area (Å²) in [5.41, 5.74) is 0.797. The fourth-order valence-electron chi connectivity index (χ4n) is 2.05. The van der Waals surface area contributed by atoms with E-state index >= 15 is 0 Å². The van der Waals surface area contributed by atoms with Crippen LogP contribution in [-0.2, 0) is 0 Å². The molecule has 90 valence electrons. The van der Waals surface area contributed by atoms with Crippen molar-refractivity contribution >= 4 is 16.5 Å². The standard InChI is InChI=1S/C12H20N2OS/c1-8-4-5-14(6-9(8)2)12-13-11(7-16-12)10(3)15/h7-10,15H,4-6H2,1-3H3. The van der Waals surface area contributed by atoms with E-state index in [-0.39, 0.29) is 0 Å². The Morgan fingerprint density at radius 3 is 2.81 bits per heavy atom. The topological polar surface area (TPSA) is 36.4 Å². The van der Waals surface area contributed by atoms with E-state index in [2.05, 4.69) is 23.7 Å². The van der Waals surface area contributed by atoms with Crippen LogP contribution in [0.2, 0.25) is 0 Å². The summed E-state index contributed by atoms with van der Waals surface area (Å²) in [5.74, 6) is 1.54. The summed E-state index contributed by atoms with van der Waals surface area (Å²) in [6.07, 6.45) is 0.788. The summed E-state index contributed by atoms with van der Waals surface area (Å²) in [7, 11) is 0. The molecule has 3 nitrogen and oxygen atoms in total. The van der Waals surface area contributed by atoms with Crippen LogP contribution in [-0.4, -0.2) is 23.2 Å². The number of piperidine rings is 1. The Bertz CT molecular complexity index is 351. The predicted molar refractivity (Wildman–Crippen MR) is 67.9 cm³/mol. The Balaban J connectivity index is 2.07. The molecule has 0 spiro atoms. The van der Waals surface area contributed by atoms with Crippen LogP contribution in [0.5, 0.6) is 0 Å². The molecular formula is C12H20N2OS. The molecule has 1 fully saturated rings. The molecule has 0 aromatic carbocycles. The van der Waals surface area contributed by atoms with Crippen LogP contribution in [0.1, 0.15) is 39.0 Å². The normalized spacial score (nSPS) is 28.1. The van der Waals surface area contributed by atoms with Crippen LogP contribution < -0.4 is 4.90 Å². The number of rotatable bonds is 2. The second-order valence-corrected chi connectivity index (χ2v) is 5.76. The number of thiazole rings is 1. The molecule has 3 unspecified atom stereocenters. The Hall–Kier alpha value is -0.610. The van der Waals surface area contributed by atoms with Gasteiger partial charge >= 0.3 is 0 Å². The molecule has 3 atom stereocenters. The first kappa shape index (κ1) is 11.9. The number of nitrogens with zero attached hydrogens (tertiary/aromatic N) is 2. The third-order valence-electron chi connectivity index (χ3n) is 3.54. The lowest BCUT2D eigenvalue weighted by Gasteiger charge is -2.35. The van der Waals surface area contributed by atoms with Gasteiger partial charge in [-0.15, -0.1) is 11.3 Å². The molecule has 0 bridgehead atoms. The van der Waals surface area contributed by atoms with E-state index in [1.54, 1.807) is 18.3 Å². The number of hydrogen-bond donors (Lipinski definition) is 1. The van der Waals surface area contributed by atoms with Crippen molar-refractivity contribution in [2.24, 2.45) is 11.8 Å². The van der Waals surface area contributed by atoms with Crippen molar-refractivity contribution in [2.75, 3.05) is 18.0 Å². The van der Waals surface area contributed by atoms with E-state index in [4.69, 9.17) is 0 Å². The van der Waals surface area contributed by atoms with Gasteiger partial charge in [0.1, 0.15) is 0 Å². The highest BCUT2D eigenvalue weighted by Crippen LogP contribution is 2.30. The Labute approximate surface area is 101 Å². The molecular weight excluding hydrogens is 220 g/mol. The SMILES string of the molecule is CC(O)c1csc(N2CCC(C)C(C)C2)n1. The van der Waals surface area contributed by atoms with Crippen LogP contribution in [0.15, 0.2) is 5.38 Å². The monoisotopic (exact) mass is 240 g/mol. The molecule has 4 heteroatoms. The van der Waals surface area contributed by atoms with Crippen molar-refractivity contribution in [3.05, 3.63) is 11.1 Å². The molecule has 1 aromatic rings. The first-order valence-corrected chi connectivity index (χ1v) is 6.84. The van der Waals surface area contributed by atoms with Crippen molar-refractivity contribution in [1.29, 1.82) is 0 Å². The minimum Gasteiger partial charge on any atom is -0.387 e. The molecule has 0 amide bonds. The average molecular weight is 240 g/mol. The van der Waals surface area contributed by atoms with Crippen LogP contribution in [0, 0.1) is 11.8 Å². The summed E-state index contributed by atoms with van der Waals surface area (Å²) < 4.78 is 0. The summed E-state index contributed by atoms with van der Waals surface area (Å²) in [4.78, 5) is 6.84. The van der Waals surface area contributed by atoms with Crippen molar-refractivity contribution in [3.8, 4) is 0 Å². The molecule has 1 N–H and O–H groups in total. The van der Waals surface area contributed by atoms with Gasteiger partial charge in [0.25, 0.3) is 0 Å². The highest BCUT2D eigenvalue weighted by atomic mass is 32.1. The Morgan fingerprint density at radius 1 is 1.50 bits per heavy atom. The first-order valence-electron chi connectivity index (χ1n) is 5.96. The van der Waals surface area contributed by atoms with Gasteiger partial charge in [0.15, 0.2) is 5.13 Å². The third kappa shape index (κ3) is 2.38. The Morgan fingerprint density at radius 2 is 2.25 bits per heavy atom. The van der Waals surface area contributed by atoms with E-state index in [1.165, 1.54) is 6.42 Å². The summed E-state index contributed by atoms with van der Waals surface area (Å²) >= 11 is 1.64. The highest BCUT2D eigenvalue weighted by molar-refractivity contribution is 7.13. The minimum atomic E-state index is -0.453. The van der Waals surface area contributed by atoms with Gasteiger partial charge in [0.05, 0.1) is 11.8 Å². The average Bonchev–Trinajstić information content (AvgIpc) is 2.71. The molecule has 0 radical (unpaired) electrons. The Kier molecular flexibility index (Phi) is 3.50. The van der Waals surface area contributed by atoms with Crippen LogP contribution >= 0.6 is 11.3 Å². The van der Waals surface area contributed by atoms with E-state index in [1.807, 2.05) is 5.38 Å². The van der Waals surface area contributed by atoms with Gasteiger partial charge in [-0.25, -0.2) is 4.98 Å². The number of aliphatic hydroxyl groups is 1. The molecule has 2 heterocycles. The lowest BCUT2D eigenvalue weighted by Crippen LogP contribution is -2.38. The number of hydrogen-bond acceptors (Lipinski definition) is 4. The van der Waals surface area contributed by atoms with Crippen LogP contribution in [0.4, 0.5) is 5.13 Å². The molecule has 0 saturated carbocycles. The zero-order valence-electron chi connectivity index (χ0n) is 10.2. The largest absolute Gasteiger partial charge is 0.387 e. The van der Waals surface area contributed by atoms with Crippen molar-refractivity contribution in [3.63, 3.8) is 0 Å². The lowest BCUT2D eigenvalue weighted by molar-refractivity contribution is 0.195. The van der Waals surface area contributed by atoms with Crippen molar-refractivity contribution in [2.45, 2.75) is 33.3 Å². The first-order chi connectivity index (χ1) is 7.58. The summed E-state index contributed by atoms with van der Waals surface area (Å²) in [6, 6.07) is 0. The van der Waals surface area contributed by atoms with Crippen molar-refractivity contribution < 1.29 is 5.11 Å². The fraction of sp³-hybridized carbons (Fsp3) is 0.750. The molecule has 16 heavy (non-hydrogen) atoms. The van der Waals surface area contributed by atoms with Gasteiger partial charge in [0.2, 0.25) is 0 Å². The lowest BCUT2D eigenvalue weighted by atomic mass is 9.89. The van der Waals surface area contributed by atoms with Gasteiger partial charge in [0, 0.05) is 18.5 Å². The molecule has 2 rings (SSSR count). The molecule has 0 aliphatic carbocycles. The molecule has 1 aliphatic rings. The second kappa shape index (κ2) is 4.72. The number of aromatic nitrogens is 1. The van der Waals surface area contributed by atoms with Gasteiger partial charge in [-0.1, -0.05) is 13.8 Å². The van der Waals surface area contributed by atoms with E-state index in [0.29, 0.717) is 0 Å². The fourth-order valence-corrected chi connectivity index (χ4v) is 3.00. The predicted octanol–water partition coefficient (Wildman–Crippen LogP) is 2.68. The zero-order chi connectivity index (χ0) is 11.7. The summed E-state index contributed by atoms with van der Waals surface area (Å²) in [6.45, 7) is 8.58. The van der Waals surface area contributed by atoms with E-state index < -0.39 is 6.10 Å². The summed E-state index contributed by atoms with van der Waals surface area (Å²) in [5, 5.41) is 12.5. The van der Waals surface area contributed by atoms with Gasteiger partial charge < -0.3 is 10.0 Å². The van der Waals surface area contributed by atoms with E-state index in [9.17, 15) is 5.11 Å². The van der Waals surface area contributed by atoms with Crippen molar-refractivity contribution in [1.82, 2.24) is 4.98 Å². The molecule has 1 saturated heterocycles. The molecule has 1 aliphatic heterocycles. The molecule has 1 aromatic heterocycles. The maximum absolute atomic E-state index is 9.46. The van der Waals surface area contributed by atoms with Gasteiger partial charge in [-0.2, -0.15) is 0 Å². The van der Waals surface area contributed by atoms with Crippen LogP contribution in [0.3, 0.4) is 0 Å².